The van der Waals surface area contributed by atoms with Crippen molar-refractivity contribution in [1.82, 2.24) is 0 Å². The predicted molar refractivity (Wildman–Crippen MR) is 49.0 cm³/mol. The third kappa shape index (κ3) is 1.01. The Morgan fingerprint density at radius 3 is 3.08 bits per heavy atom. The second-order valence-electron chi connectivity index (χ2n) is 2.99. The smallest absolute Gasteiger partial charge is 0.327 e. The molecule has 0 fully saturated rings. The summed E-state index contributed by atoms with van der Waals surface area (Å²) in [5.41, 5.74) is 2.46. The number of ether oxygens (including phenoxy) is 1. The molecule has 2 nitrogen and oxygen atoms in total. The lowest BCUT2D eigenvalue weighted by atomic mass is 9.64. The fourth-order valence-electron chi connectivity index (χ4n) is 1.65. The fraction of sp³-hybridized carbons (Fsp3) is 0.333. The Morgan fingerprint density at radius 2 is 2.33 bits per heavy atom. The molecule has 1 aromatic rings. The Morgan fingerprint density at radius 1 is 1.50 bits per heavy atom. The van der Waals surface area contributed by atoms with Crippen LogP contribution < -0.4 is 10.2 Å². The van der Waals surface area contributed by atoms with Crippen molar-refractivity contribution in [2.45, 2.75) is 13.4 Å². The molecule has 2 rings (SSSR count). The molecule has 0 N–H and O–H groups in total. The SMILES string of the molecule is COc1cccc2c1B(C)OC2. The van der Waals surface area contributed by atoms with Crippen molar-refractivity contribution in [3.63, 3.8) is 0 Å². The van der Waals surface area contributed by atoms with Gasteiger partial charge in [0.25, 0.3) is 0 Å². The molecule has 0 saturated carbocycles. The van der Waals surface area contributed by atoms with Crippen molar-refractivity contribution >= 4 is 12.4 Å². The van der Waals surface area contributed by atoms with Gasteiger partial charge < -0.3 is 9.39 Å². The standard InChI is InChI=1S/C9H11BO2/c1-10-9-7(6-12-10)4-3-5-8(9)11-2/h3-5H,6H2,1-2H3. The van der Waals surface area contributed by atoms with E-state index in [1.54, 1.807) is 7.11 Å². The van der Waals surface area contributed by atoms with Gasteiger partial charge in [0.2, 0.25) is 0 Å². The molecule has 0 unspecified atom stereocenters. The second kappa shape index (κ2) is 2.83. The highest BCUT2D eigenvalue weighted by atomic mass is 16.5. The first-order valence-corrected chi connectivity index (χ1v) is 4.10. The van der Waals surface area contributed by atoms with E-state index < -0.39 is 0 Å². The van der Waals surface area contributed by atoms with Crippen LogP contribution in [0.15, 0.2) is 18.2 Å². The van der Waals surface area contributed by atoms with E-state index in [0.29, 0.717) is 6.61 Å². The molecule has 1 aliphatic heterocycles. The maximum atomic E-state index is 5.49. The van der Waals surface area contributed by atoms with Crippen LogP contribution in [0.4, 0.5) is 0 Å². The van der Waals surface area contributed by atoms with E-state index in [2.05, 4.69) is 6.07 Å². The van der Waals surface area contributed by atoms with E-state index in [1.165, 1.54) is 11.0 Å². The molecule has 0 atom stereocenters. The lowest BCUT2D eigenvalue weighted by Gasteiger charge is -2.06. The van der Waals surface area contributed by atoms with Crippen molar-refractivity contribution in [3.05, 3.63) is 23.8 Å². The maximum Gasteiger partial charge on any atom is 0.327 e. The van der Waals surface area contributed by atoms with Crippen molar-refractivity contribution < 1.29 is 9.39 Å². The Balaban J connectivity index is 2.53. The van der Waals surface area contributed by atoms with Crippen LogP contribution >= 0.6 is 0 Å². The summed E-state index contributed by atoms with van der Waals surface area (Å²) >= 11 is 0. The molecule has 0 saturated heterocycles. The summed E-state index contributed by atoms with van der Waals surface area (Å²) in [7, 11) is 1.70. The van der Waals surface area contributed by atoms with Gasteiger partial charge in [-0.1, -0.05) is 19.0 Å². The summed E-state index contributed by atoms with van der Waals surface area (Å²) in [6.07, 6.45) is 0. The fourth-order valence-corrected chi connectivity index (χ4v) is 1.65. The Labute approximate surface area is 72.6 Å². The first-order chi connectivity index (χ1) is 5.83. The van der Waals surface area contributed by atoms with Crippen LogP contribution in [0.25, 0.3) is 0 Å². The molecule has 3 heteroatoms. The highest BCUT2D eigenvalue weighted by molar-refractivity contribution is 6.68. The van der Waals surface area contributed by atoms with Gasteiger partial charge in [0.1, 0.15) is 5.75 Å². The average Bonchev–Trinajstić information content (AvgIpc) is 2.48. The summed E-state index contributed by atoms with van der Waals surface area (Å²) in [6.45, 7) is 2.94. The predicted octanol–water partition coefficient (Wildman–Crippen LogP) is 1.05. The number of benzene rings is 1. The largest absolute Gasteiger partial charge is 0.497 e. The van der Waals surface area contributed by atoms with Crippen LogP contribution in [0.3, 0.4) is 0 Å². The minimum Gasteiger partial charge on any atom is -0.497 e. The number of rotatable bonds is 1. The molecule has 1 aromatic carbocycles. The first-order valence-electron chi connectivity index (χ1n) is 4.10. The van der Waals surface area contributed by atoms with E-state index in [-0.39, 0.29) is 6.92 Å². The lowest BCUT2D eigenvalue weighted by molar-refractivity contribution is 0.333. The summed E-state index contributed by atoms with van der Waals surface area (Å²) in [5.74, 6) is 0.942. The van der Waals surface area contributed by atoms with Gasteiger partial charge in [0, 0.05) is 0 Å². The zero-order chi connectivity index (χ0) is 8.55. The average molecular weight is 162 g/mol. The Bertz CT molecular complexity index is 299. The Hall–Kier alpha value is -0.955. The molecular weight excluding hydrogens is 151 g/mol. The van der Waals surface area contributed by atoms with Crippen molar-refractivity contribution in [2.24, 2.45) is 0 Å². The molecule has 0 bridgehead atoms. The molecule has 0 spiro atoms. The van der Waals surface area contributed by atoms with Gasteiger partial charge in [-0.05, 0) is 17.1 Å². The molecule has 0 aliphatic carbocycles. The van der Waals surface area contributed by atoms with E-state index in [9.17, 15) is 0 Å². The Kier molecular flexibility index (Phi) is 1.81. The minimum absolute atomic E-state index is 0.177. The van der Waals surface area contributed by atoms with Gasteiger partial charge in [-0.3, -0.25) is 0 Å². The topological polar surface area (TPSA) is 18.5 Å². The number of hydrogen-bond acceptors (Lipinski definition) is 2. The van der Waals surface area contributed by atoms with Crippen LogP contribution in [-0.4, -0.2) is 14.0 Å². The van der Waals surface area contributed by atoms with Gasteiger partial charge in [0.15, 0.2) is 0 Å². The minimum atomic E-state index is 0.177. The van der Waals surface area contributed by atoms with Crippen LogP contribution in [0.1, 0.15) is 5.56 Å². The van der Waals surface area contributed by atoms with Crippen molar-refractivity contribution in [1.29, 1.82) is 0 Å². The van der Waals surface area contributed by atoms with Crippen LogP contribution in [-0.2, 0) is 11.3 Å². The van der Waals surface area contributed by atoms with E-state index in [0.717, 1.165) is 5.75 Å². The van der Waals surface area contributed by atoms with Gasteiger partial charge in [0.05, 0.1) is 13.7 Å². The summed E-state index contributed by atoms with van der Waals surface area (Å²) in [5, 5.41) is 0. The van der Waals surface area contributed by atoms with Crippen LogP contribution in [0.5, 0.6) is 5.75 Å². The lowest BCUT2D eigenvalue weighted by Crippen LogP contribution is -2.25. The molecule has 12 heavy (non-hydrogen) atoms. The van der Waals surface area contributed by atoms with Crippen molar-refractivity contribution in [2.75, 3.05) is 7.11 Å². The quantitative estimate of drug-likeness (QED) is 0.574. The number of fused-ring (bicyclic) bond motifs is 1. The zero-order valence-corrected chi connectivity index (χ0v) is 7.33. The van der Waals surface area contributed by atoms with Gasteiger partial charge in [-0.2, -0.15) is 0 Å². The molecule has 0 amide bonds. The highest BCUT2D eigenvalue weighted by Crippen LogP contribution is 2.18. The van der Waals surface area contributed by atoms with Crippen LogP contribution in [0, 0.1) is 0 Å². The normalized spacial score (nSPS) is 14.7. The molecule has 0 radical (unpaired) electrons. The van der Waals surface area contributed by atoms with Crippen molar-refractivity contribution in [3.8, 4) is 5.75 Å². The van der Waals surface area contributed by atoms with Gasteiger partial charge in [-0.15, -0.1) is 0 Å². The summed E-state index contributed by atoms with van der Waals surface area (Å²) < 4.78 is 10.7. The van der Waals surface area contributed by atoms with Crippen LogP contribution in [0.2, 0.25) is 6.82 Å². The summed E-state index contributed by atoms with van der Waals surface area (Å²) in [4.78, 5) is 0. The number of methoxy groups -OCH3 is 1. The molecule has 62 valence electrons. The zero-order valence-electron chi connectivity index (χ0n) is 7.33. The number of hydrogen-bond donors (Lipinski definition) is 0. The molecular formula is C9H11BO2. The highest BCUT2D eigenvalue weighted by Gasteiger charge is 2.26. The molecule has 0 aromatic heterocycles. The van der Waals surface area contributed by atoms with E-state index in [4.69, 9.17) is 9.39 Å². The molecule has 1 aliphatic rings. The third-order valence-electron chi connectivity index (χ3n) is 2.27. The first kappa shape index (κ1) is 7.68. The monoisotopic (exact) mass is 162 g/mol. The molecule has 1 heterocycles. The second-order valence-corrected chi connectivity index (χ2v) is 2.99. The third-order valence-corrected chi connectivity index (χ3v) is 2.27. The van der Waals surface area contributed by atoms with Gasteiger partial charge >= 0.3 is 6.92 Å². The van der Waals surface area contributed by atoms with Gasteiger partial charge in [-0.25, -0.2) is 0 Å². The summed E-state index contributed by atoms with van der Waals surface area (Å²) in [6, 6.07) is 6.06. The van der Waals surface area contributed by atoms with E-state index in [1.807, 2.05) is 19.0 Å². The maximum absolute atomic E-state index is 5.49. The van der Waals surface area contributed by atoms with E-state index >= 15 is 0 Å².